The highest BCUT2D eigenvalue weighted by atomic mass is 16.6. The normalized spacial score (nSPS) is 15.5. The number of benzene rings is 1. The van der Waals surface area contributed by atoms with Gasteiger partial charge in [0.1, 0.15) is 0 Å². The number of aromatic nitrogens is 1. The van der Waals surface area contributed by atoms with E-state index in [2.05, 4.69) is 15.1 Å². The molecule has 0 radical (unpaired) electrons. The van der Waals surface area contributed by atoms with Gasteiger partial charge >= 0.3 is 0 Å². The number of aryl methyl sites for hydroxylation is 1. The van der Waals surface area contributed by atoms with Gasteiger partial charge in [-0.1, -0.05) is 6.07 Å². The van der Waals surface area contributed by atoms with Gasteiger partial charge in [-0.05, 0) is 18.2 Å². The van der Waals surface area contributed by atoms with E-state index < -0.39 is 4.92 Å². The van der Waals surface area contributed by atoms with Crippen LogP contribution in [-0.4, -0.2) is 15.2 Å². The van der Waals surface area contributed by atoms with Gasteiger partial charge in [-0.3, -0.25) is 15.5 Å². The van der Waals surface area contributed by atoms with Crippen LogP contribution < -0.4 is 5.43 Å². The summed E-state index contributed by atoms with van der Waals surface area (Å²) < 4.78 is 2.13. The summed E-state index contributed by atoms with van der Waals surface area (Å²) in [6.07, 6.45) is 2.89. The molecule has 96 valence electrons. The third kappa shape index (κ3) is 2.20. The number of non-ortho nitro benzene ring substituents is 1. The van der Waals surface area contributed by atoms with Crippen molar-refractivity contribution in [3.05, 3.63) is 58.4 Å². The lowest BCUT2D eigenvalue weighted by Gasteiger charge is -2.01. The lowest BCUT2D eigenvalue weighted by molar-refractivity contribution is -0.384. The molecule has 0 fully saturated rings. The molecule has 0 saturated heterocycles. The highest BCUT2D eigenvalue weighted by molar-refractivity contribution is 6.01. The van der Waals surface area contributed by atoms with Crippen molar-refractivity contribution < 1.29 is 4.92 Å². The lowest BCUT2D eigenvalue weighted by Crippen LogP contribution is -2.00. The number of nitrogens with one attached hydrogen (secondary N) is 1. The minimum Gasteiger partial charge on any atom is -0.346 e. The Balaban J connectivity index is 1.80. The van der Waals surface area contributed by atoms with Crippen molar-refractivity contribution in [3.8, 4) is 0 Å². The first-order chi connectivity index (χ1) is 9.24. The first-order valence-electron chi connectivity index (χ1n) is 5.96. The number of nitro benzene ring substituents is 1. The average molecular weight is 256 g/mol. The second kappa shape index (κ2) is 4.56. The van der Waals surface area contributed by atoms with Crippen LogP contribution in [0.4, 0.5) is 11.4 Å². The van der Waals surface area contributed by atoms with E-state index in [4.69, 9.17) is 0 Å². The minimum absolute atomic E-state index is 0.0556. The summed E-state index contributed by atoms with van der Waals surface area (Å²) in [6, 6.07) is 10.3. The van der Waals surface area contributed by atoms with Crippen molar-refractivity contribution >= 4 is 17.1 Å². The molecule has 0 unspecified atom stereocenters. The van der Waals surface area contributed by atoms with E-state index in [0.29, 0.717) is 5.69 Å². The van der Waals surface area contributed by atoms with Crippen LogP contribution in [0.2, 0.25) is 0 Å². The van der Waals surface area contributed by atoms with Crippen molar-refractivity contribution in [2.45, 2.75) is 13.0 Å². The predicted octanol–water partition coefficient (Wildman–Crippen LogP) is 2.62. The zero-order valence-electron chi connectivity index (χ0n) is 10.1. The van der Waals surface area contributed by atoms with Crippen LogP contribution in [0.15, 0.2) is 47.7 Å². The molecule has 1 N–H and O–H groups in total. The standard InChI is InChI=1S/C13H12N4O2/c18-17(19)11-4-1-3-10(9-11)14-15-12-6-8-16-7-2-5-13(12)16/h1-5,7,9,14H,6,8H2/b15-12-. The zero-order chi connectivity index (χ0) is 13.2. The van der Waals surface area contributed by atoms with Gasteiger partial charge in [0.2, 0.25) is 0 Å². The summed E-state index contributed by atoms with van der Waals surface area (Å²) in [6.45, 7) is 0.928. The number of nitrogens with zero attached hydrogens (tertiary/aromatic N) is 3. The molecule has 3 rings (SSSR count). The third-order valence-electron chi connectivity index (χ3n) is 3.09. The fraction of sp³-hybridized carbons (Fsp3) is 0.154. The molecule has 0 bridgehead atoms. The highest BCUT2D eigenvalue weighted by Gasteiger charge is 2.16. The van der Waals surface area contributed by atoms with Crippen LogP contribution in [-0.2, 0) is 6.54 Å². The number of hydrazone groups is 1. The Morgan fingerprint density at radius 2 is 2.21 bits per heavy atom. The molecule has 2 aromatic rings. The maximum absolute atomic E-state index is 10.7. The first-order valence-corrected chi connectivity index (χ1v) is 5.96. The lowest BCUT2D eigenvalue weighted by atomic mass is 10.2. The van der Waals surface area contributed by atoms with Gasteiger partial charge in [0.05, 0.1) is 22.0 Å². The highest BCUT2D eigenvalue weighted by Crippen LogP contribution is 2.19. The van der Waals surface area contributed by atoms with E-state index in [1.807, 2.05) is 18.3 Å². The molecule has 0 amide bonds. The summed E-state index contributed by atoms with van der Waals surface area (Å²) >= 11 is 0. The largest absolute Gasteiger partial charge is 0.346 e. The van der Waals surface area contributed by atoms with Gasteiger partial charge < -0.3 is 4.57 Å². The second-order valence-electron chi connectivity index (χ2n) is 4.31. The van der Waals surface area contributed by atoms with E-state index in [1.54, 1.807) is 12.1 Å². The maximum Gasteiger partial charge on any atom is 0.271 e. The smallest absolute Gasteiger partial charge is 0.271 e. The molecule has 6 nitrogen and oxygen atoms in total. The predicted molar refractivity (Wildman–Crippen MR) is 72.3 cm³/mol. The summed E-state index contributed by atoms with van der Waals surface area (Å²) in [5.74, 6) is 0. The Morgan fingerprint density at radius 1 is 1.32 bits per heavy atom. The van der Waals surface area contributed by atoms with Gasteiger partial charge in [-0.2, -0.15) is 5.10 Å². The van der Waals surface area contributed by atoms with Crippen LogP contribution in [0, 0.1) is 10.1 Å². The van der Waals surface area contributed by atoms with Crippen LogP contribution in [0.5, 0.6) is 0 Å². The number of hydrogen-bond acceptors (Lipinski definition) is 4. The van der Waals surface area contributed by atoms with Crippen LogP contribution in [0.1, 0.15) is 12.1 Å². The molecule has 1 aliphatic heterocycles. The molecule has 0 spiro atoms. The summed E-state index contributed by atoms with van der Waals surface area (Å²) in [5.41, 5.74) is 5.62. The molecule has 2 heterocycles. The van der Waals surface area contributed by atoms with E-state index in [1.165, 1.54) is 12.1 Å². The average Bonchev–Trinajstić information content (AvgIpc) is 3.00. The summed E-state index contributed by atoms with van der Waals surface area (Å²) in [7, 11) is 0. The molecule has 0 saturated carbocycles. The SMILES string of the molecule is O=[N+]([O-])c1cccc(N/N=C2/CCn3cccc32)c1. The Kier molecular flexibility index (Phi) is 2.75. The van der Waals surface area contributed by atoms with Gasteiger partial charge in [0.25, 0.3) is 5.69 Å². The molecule has 19 heavy (non-hydrogen) atoms. The molecule has 0 atom stereocenters. The van der Waals surface area contributed by atoms with E-state index in [-0.39, 0.29) is 5.69 Å². The van der Waals surface area contributed by atoms with Gasteiger partial charge in [0.15, 0.2) is 0 Å². The fourth-order valence-electron chi connectivity index (χ4n) is 2.16. The minimum atomic E-state index is -0.418. The second-order valence-corrected chi connectivity index (χ2v) is 4.31. The summed E-state index contributed by atoms with van der Waals surface area (Å²) in [4.78, 5) is 10.3. The molecular weight excluding hydrogens is 244 g/mol. The van der Waals surface area contributed by atoms with Gasteiger partial charge in [-0.15, -0.1) is 0 Å². The Bertz CT molecular complexity index is 660. The van der Waals surface area contributed by atoms with Gasteiger partial charge in [0, 0.05) is 31.3 Å². The Hall–Kier alpha value is -2.63. The molecular formula is C13H12N4O2. The monoisotopic (exact) mass is 256 g/mol. The molecule has 1 aromatic heterocycles. The van der Waals surface area contributed by atoms with E-state index in [9.17, 15) is 10.1 Å². The quantitative estimate of drug-likeness (QED) is 0.677. The van der Waals surface area contributed by atoms with Gasteiger partial charge in [-0.25, -0.2) is 0 Å². The zero-order valence-corrected chi connectivity index (χ0v) is 10.1. The number of nitro groups is 1. The molecule has 0 aliphatic carbocycles. The number of fused-ring (bicyclic) bond motifs is 1. The number of hydrogen-bond donors (Lipinski definition) is 1. The van der Waals surface area contributed by atoms with E-state index >= 15 is 0 Å². The molecule has 1 aromatic carbocycles. The fourth-order valence-corrected chi connectivity index (χ4v) is 2.16. The van der Waals surface area contributed by atoms with Crippen LogP contribution in [0.25, 0.3) is 0 Å². The maximum atomic E-state index is 10.7. The third-order valence-corrected chi connectivity index (χ3v) is 3.09. The first kappa shape index (κ1) is 11.5. The van der Waals surface area contributed by atoms with Crippen molar-refractivity contribution in [1.29, 1.82) is 0 Å². The molecule has 6 heteroatoms. The van der Waals surface area contributed by atoms with E-state index in [0.717, 1.165) is 24.4 Å². The Morgan fingerprint density at radius 3 is 3.05 bits per heavy atom. The number of anilines is 1. The number of rotatable bonds is 3. The van der Waals surface area contributed by atoms with Crippen molar-refractivity contribution in [2.24, 2.45) is 5.10 Å². The van der Waals surface area contributed by atoms with Crippen molar-refractivity contribution in [2.75, 3.05) is 5.43 Å². The molecule has 1 aliphatic rings. The summed E-state index contributed by atoms with van der Waals surface area (Å²) in [5, 5.41) is 15.0. The Labute approximate surface area is 109 Å². The topological polar surface area (TPSA) is 72.5 Å². The van der Waals surface area contributed by atoms with Crippen molar-refractivity contribution in [1.82, 2.24) is 4.57 Å². The van der Waals surface area contributed by atoms with Crippen molar-refractivity contribution in [3.63, 3.8) is 0 Å². The van der Waals surface area contributed by atoms with Crippen LogP contribution in [0.3, 0.4) is 0 Å². The van der Waals surface area contributed by atoms with Crippen LogP contribution >= 0.6 is 0 Å².